The summed E-state index contributed by atoms with van der Waals surface area (Å²) in [6.45, 7) is 11.9. The first kappa shape index (κ1) is 29.9. The number of aliphatic carboxylic acids is 2. The van der Waals surface area contributed by atoms with Gasteiger partial charge in [0.25, 0.3) is 0 Å². The van der Waals surface area contributed by atoms with Gasteiger partial charge in [0.15, 0.2) is 0 Å². The average Bonchev–Trinajstić information content (AvgIpc) is 2.58. The summed E-state index contributed by atoms with van der Waals surface area (Å²) < 4.78 is 0. The predicted molar refractivity (Wildman–Crippen MR) is 101 cm³/mol. The standard InChI is InChI=1S/2C10H20O2.Ca/c2*1-4-7-8-10(5-2,6-3)9(11)12;/h2*4-8H2,1-3H3,(H,11,12);/q;;+2/p-2. The van der Waals surface area contributed by atoms with Crippen LogP contribution in [-0.4, -0.2) is 49.7 Å². The number of carboxylic acid groups (broad SMARTS) is 2. The van der Waals surface area contributed by atoms with Gasteiger partial charge in [-0.2, -0.15) is 0 Å². The number of unbranched alkanes of at least 4 members (excludes halogenated alkanes) is 2. The second-order valence-electron chi connectivity index (χ2n) is 6.76. The van der Waals surface area contributed by atoms with Crippen molar-refractivity contribution in [2.45, 2.75) is 106 Å². The summed E-state index contributed by atoms with van der Waals surface area (Å²) in [5.41, 5.74) is -1.12. The second kappa shape index (κ2) is 16.4. The van der Waals surface area contributed by atoms with Gasteiger partial charge in [0.05, 0.1) is 0 Å². The van der Waals surface area contributed by atoms with E-state index in [-0.39, 0.29) is 37.7 Å². The van der Waals surface area contributed by atoms with Crippen LogP contribution < -0.4 is 10.2 Å². The van der Waals surface area contributed by atoms with Crippen LogP contribution in [0, 0.1) is 10.8 Å². The molecule has 0 aromatic heterocycles. The van der Waals surface area contributed by atoms with Gasteiger partial charge in [-0.1, -0.05) is 67.2 Å². The molecule has 0 aliphatic heterocycles. The van der Waals surface area contributed by atoms with Crippen molar-refractivity contribution in [1.29, 1.82) is 0 Å². The van der Waals surface area contributed by atoms with E-state index in [4.69, 9.17) is 0 Å². The summed E-state index contributed by atoms with van der Waals surface area (Å²) in [5.74, 6) is -1.75. The van der Waals surface area contributed by atoms with Gasteiger partial charge in [0.2, 0.25) is 0 Å². The van der Waals surface area contributed by atoms with Gasteiger partial charge in [-0.05, 0) is 38.5 Å². The Morgan fingerprint density at radius 2 is 0.880 bits per heavy atom. The minimum absolute atomic E-state index is 0. The van der Waals surface area contributed by atoms with Gasteiger partial charge in [-0.3, -0.25) is 0 Å². The molecule has 0 fully saturated rings. The zero-order valence-electron chi connectivity index (χ0n) is 17.4. The van der Waals surface area contributed by atoms with E-state index in [1.165, 1.54) is 0 Å². The number of carbonyl (C=O) groups excluding carboxylic acids is 2. The zero-order valence-corrected chi connectivity index (χ0v) is 19.6. The van der Waals surface area contributed by atoms with Crippen LogP contribution in [0.4, 0.5) is 0 Å². The Morgan fingerprint density at radius 3 is 1.00 bits per heavy atom. The van der Waals surface area contributed by atoms with Gasteiger partial charge in [-0.25, -0.2) is 0 Å². The van der Waals surface area contributed by atoms with E-state index in [2.05, 4.69) is 13.8 Å². The minimum Gasteiger partial charge on any atom is -0.550 e. The summed E-state index contributed by atoms with van der Waals surface area (Å²) in [4.78, 5) is 21.8. The summed E-state index contributed by atoms with van der Waals surface area (Å²) >= 11 is 0. The second-order valence-corrected chi connectivity index (χ2v) is 6.76. The molecule has 4 nitrogen and oxygen atoms in total. The number of hydrogen-bond donors (Lipinski definition) is 0. The first-order chi connectivity index (χ1) is 11.3. The summed E-state index contributed by atoms with van der Waals surface area (Å²) in [7, 11) is 0. The number of carboxylic acids is 2. The van der Waals surface area contributed by atoms with Gasteiger partial charge in [-0.15, -0.1) is 0 Å². The molecule has 0 N–H and O–H groups in total. The van der Waals surface area contributed by atoms with Crippen molar-refractivity contribution >= 4 is 49.7 Å². The molecule has 0 aromatic carbocycles. The molecular formula is C20H38CaO4. The van der Waals surface area contributed by atoms with Crippen molar-refractivity contribution in [1.82, 2.24) is 0 Å². The van der Waals surface area contributed by atoms with Crippen LogP contribution in [0.5, 0.6) is 0 Å². The molecule has 5 heteroatoms. The Hall–Kier alpha value is 0.200. The predicted octanol–water partition coefficient (Wildman–Crippen LogP) is 3.09. The molecule has 0 spiro atoms. The van der Waals surface area contributed by atoms with Gasteiger partial charge < -0.3 is 19.8 Å². The van der Waals surface area contributed by atoms with Gasteiger partial charge in [0.1, 0.15) is 0 Å². The van der Waals surface area contributed by atoms with Crippen LogP contribution >= 0.6 is 0 Å². The molecule has 0 unspecified atom stereocenters. The van der Waals surface area contributed by atoms with Crippen LogP contribution in [0.3, 0.4) is 0 Å². The van der Waals surface area contributed by atoms with Crippen molar-refractivity contribution in [3.8, 4) is 0 Å². The molecular weight excluding hydrogens is 344 g/mol. The van der Waals surface area contributed by atoms with Crippen LogP contribution in [0.25, 0.3) is 0 Å². The smallest absolute Gasteiger partial charge is 0.550 e. The van der Waals surface area contributed by atoms with Gasteiger partial charge >= 0.3 is 37.7 Å². The molecule has 0 rings (SSSR count). The first-order valence-corrected chi connectivity index (χ1v) is 9.68. The maximum atomic E-state index is 10.9. The SMILES string of the molecule is CCCCC(CC)(CC)C(=O)[O-].CCCCC(CC)(CC)C(=O)[O-].[Ca+2]. The third kappa shape index (κ3) is 10.2. The van der Waals surface area contributed by atoms with E-state index < -0.39 is 22.8 Å². The van der Waals surface area contributed by atoms with Crippen LogP contribution in [0.1, 0.15) is 106 Å². The number of rotatable bonds is 12. The van der Waals surface area contributed by atoms with Crippen molar-refractivity contribution < 1.29 is 19.8 Å². The van der Waals surface area contributed by atoms with Crippen molar-refractivity contribution in [3.05, 3.63) is 0 Å². The third-order valence-corrected chi connectivity index (χ3v) is 5.59. The van der Waals surface area contributed by atoms with Crippen LogP contribution in [0.15, 0.2) is 0 Å². The Bertz CT molecular complexity index is 314. The molecule has 0 bridgehead atoms. The van der Waals surface area contributed by atoms with E-state index in [0.717, 1.165) is 38.5 Å². The fraction of sp³-hybridized carbons (Fsp3) is 0.900. The Morgan fingerprint density at radius 1 is 0.640 bits per heavy atom. The molecule has 144 valence electrons. The Balaban J connectivity index is -0.000000372. The quantitative estimate of drug-likeness (QED) is 0.486. The number of hydrogen-bond acceptors (Lipinski definition) is 4. The molecule has 0 saturated heterocycles. The molecule has 0 aliphatic carbocycles. The fourth-order valence-electron chi connectivity index (χ4n) is 3.02. The first-order valence-electron chi connectivity index (χ1n) is 9.68. The molecule has 0 aliphatic rings. The maximum absolute atomic E-state index is 10.9. The minimum atomic E-state index is -0.874. The average molecular weight is 383 g/mol. The Kier molecular flexibility index (Phi) is 19.6. The number of carbonyl (C=O) groups is 2. The van der Waals surface area contributed by atoms with E-state index in [9.17, 15) is 19.8 Å². The van der Waals surface area contributed by atoms with E-state index in [0.29, 0.717) is 25.7 Å². The monoisotopic (exact) mass is 382 g/mol. The van der Waals surface area contributed by atoms with Crippen molar-refractivity contribution in [3.63, 3.8) is 0 Å². The largest absolute Gasteiger partial charge is 2.00 e. The molecule has 0 aromatic rings. The molecule has 0 atom stereocenters. The van der Waals surface area contributed by atoms with Crippen LogP contribution in [0.2, 0.25) is 0 Å². The summed E-state index contributed by atoms with van der Waals surface area (Å²) in [6.07, 6.45) is 8.34. The molecule has 0 amide bonds. The summed E-state index contributed by atoms with van der Waals surface area (Å²) in [5, 5.41) is 21.8. The van der Waals surface area contributed by atoms with Crippen LogP contribution in [-0.2, 0) is 9.59 Å². The molecule has 0 saturated carbocycles. The fourth-order valence-corrected chi connectivity index (χ4v) is 3.02. The normalized spacial score (nSPS) is 11.1. The Labute approximate surface area is 185 Å². The molecule has 0 radical (unpaired) electrons. The van der Waals surface area contributed by atoms with E-state index in [1.54, 1.807) is 0 Å². The zero-order chi connectivity index (χ0) is 19.2. The van der Waals surface area contributed by atoms with E-state index in [1.807, 2.05) is 27.7 Å². The maximum Gasteiger partial charge on any atom is 2.00 e. The van der Waals surface area contributed by atoms with Crippen molar-refractivity contribution in [2.75, 3.05) is 0 Å². The van der Waals surface area contributed by atoms with Gasteiger partial charge in [0, 0.05) is 22.8 Å². The van der Waals surface area contributed by atoms with Crippen molar-refractivity contribution in [2.24, 2.45) is 10.8 Å². The molecule has 0 heterocycles. The molecule has 25 heavy (non-hydrogen) atoms. The van der Waals surface area contributed by atoms with E-state index >= 15 is 0 Å². The topological polar surface area (TPSA) is 80.3 Å². The third-order valence-electron chi connectivity index (χ3n) is 5.59. The summed E-state index contributed by atoms with van der Waals surface area (Å²) in [6, 6.07) is 0.